The quantitative estimate of drug-likeness (QED) is 0.258. The van der Waals surface area contributed by atoms with Crippen LogP contribution in [0.1, 0.15) is 36.7 Å². The second kappa shape index (κ2) is 12.6. The van der Waals surface area contributed by atoms with Gasteiger partial charge >= 0.3 is 5.97 Å². The summed E-state index contributed by atoms with van der Waals surface area (Å²) >= 11 is 1.27. The van der Waals surface area contributed by atoms with E-state index in [0.717, 1.165) is 16.9 Å². The molecule has 0 aliphatic heterocycles. The first-order valence-electron chi connectivity index (χ1n) is 11.3. The average molecular weight is 496 g/mol. The van der Waals surface area contributed by atoms with E-state index in [1.807, 2.05) is 49.6 Å². The van der Waals surface area contributed by atoms with Crippen molar-refractivity contribution < 1.29 is 28.5 Å². The Kier molecular flexibility index (Phi) is 9.31. The van der Waals surface area contributed by atoms with Crippen molar-refractivity contribution in [2.24, 2.45) is 0 Å². The van der Waals surface area contributed by atoms with E-state index in [9.17, 15) is 9.59 Å². The van der Waals surface area contributed by atoms with Gasteiger partial charge in [-0.3, -0.25) is 4.79 Å². The zero-order valence-corrected chi connectivity index (χ0v) is 21.1. The molecule has 7 nitrogen and oxygen atoms in total. The maximum Gasteiger partial charge on any atom is 0.341 e. The number of ether oxygens (including phenoxy) is 4. The molecule has 184 valence electrons. The van der Waals surface area contributed by atoms with Crippen molar-refractivity contribution in [1.29, 1.82) is 0 Å². The molecule has 0 spiro atoms. The van der Waals surface area contributed by atoms with Gasteiger partial charge in [0.15, 0.2) is 11.5 Å². The first-order valence-corrected chi connectivity index (χ1v) is 12.2. The van der Waals surface area contributed by atoms with Crippen LogP contribution in [0, 0.1) is 0 Å². The lowest BCUT2D eigenvalue weighted by molar-refractivity contribution is -0.111. The molecule has 1 N–H and O–H groups in total. The van der Waals surface area contributed by atoms with Gasteiger partial charge in [-0.25, -0.2) is 4.79 Å². The molecule has 1 heterocycles. The fourth-order valence-corrected chi connectivity index (χ4v) is 4.31. The summed E-state index contributed by atoms with van der Waals surface area (Å²) in [5, 5.41) is 5.07. The standard InChI is InChI=1S/C27H29NO6S/c1-5-32-20-12-10-19(11-13-20)21-17-35-26(25(21)27(30)34-7-3)28-24(29)15-9-18-8-14-22(33-6-2)23(16-18)31-4/h8-17H,5-7H2,1-4H3,(H,28,29)/b15-9+. The van der Waals surface area contributed by atoms with Crippen LogP contribution in [-0.2, 0) is 9.53 Å². The van der Waals surface area contributed by atoms with E-state index in [4.69, 9.17) is 18.9 Å². The fourth-order valence-electron chi connectivity index (χ4n) is 3.35. The molecule has 0 unspecified atom stereocenters. The highest BCUT2D eigenvalue weighted by Crippen LogP contribution is 2.37. The van der Waals surface area contributed by atoms with Crippen LogP contribution < -0.4 is 19.5 Å². The van der Waals surface area contributed by atoms with E-state index in [2.05, 4.69) is 5.32 Å². The molecule has 1 aromatic heterocycles. The Labute approximate surface area is 209 Å². The van der Waals surface area contributed by atoms with Crippen LogP contribution in [0.25, 0.3) is 17.2 Å². The smallest absolute Gasteiger partial charge is 0.341 e. The number of esters is 1. The maximum absolute atomic E-state index is 12.8. The first-order chi connectivity index (χ1) is 17.0. The van der Waals surface area contributed by atoms with Crippen LogP contribution in [0.15, 0.2) is 53.9 Å². The molecule has 0 fully saturated rings. The third-order valence-corrected chi connectivity index (χ3v) is 5.79. The molecule has 2 aromatic carbocycles. The molecular weight excluding hydrogens is 466 g/mol. The van der Waals surface area contributed by atoms with E-state index in [1.54, 1.807) is 32.2 Å². The molecule has 0 atom stereocenters. The van der Waals surface area contributed by atoms with E-state index in [0.29, 0.717) is 40.8 Å². The van der Waals surface area contributed by atoms with Crippen LogP contribution in [-0.4, -0.2) is 38.8 Å². The van der Waals surface area contributed by atoms with Gasteiger partial charge in [-0.05, 0) is 62.2 Å². The van der Waals surface area contributed by atoms with Gasteiger partial charge in [-0.2, -0.15) is 0 Å². The lowest BCUT2D eigenvalue weighted by atomic mass is 10.0. The number of thiophene rings is 1. The Morgan fingerprint density at radius 2 is 1.69 bits per heavy atom. The predicted octanol–water partition coefficient (Wildman–Crippen LogP) is 6.05. The first kappa shape index (κ1) is 25.8. The maximum atomic E-state index is 12.8. The van der Waals surface area contributed by atoms with Crippen molar-refractivity contribution in [3.05, 3.63) is 65.0 Å². The minimum atomic E-state index is -0.492. The predicted molar refractivity (Wildman–Crippen MR) is 139 cm³/mol. The molecule has 0 saturated carbocycles. The normalized spacial score (nSPS) is 10.7. The number of carbonyl (C=O) groups excluding carboxylic acids is 2. The molecular formula is C27H29NO6S. The van der Waals surface area contributed by atoms with Gasteiger partial charge < -0.3 is 24.3 Å². The molecule has 0 aliphatic rings. The van der Waals surface area contributed by atoms with Gasteiger partial charge in [0.05, 0.1) is 26.9 Å². The van der Waals surface area contributed by atoms with Crippen LogP contribution in [0.2, 0.25) is 0 Å². The molecule has 0 saturated heterocycles. The van der Waals surface area contributed by atoms with Crippen molar-refractivity contribution in [2.45, 2.75) is 20.8 Å². The lowest BCUT2D eigenvalue weighted by Crippen LogP contribution is -2.12. The number of methoxy groups -OCH3 is 1. The third-order valence-electron chi connectivity index (χ3n) is 4.90. The Morgan fingerprint density at radius 3 is 2.34 bits per heavy atom. The SMILES string of the molecule is CCOC(=O)c1c(-c2ccc(OCC)cc2)csc1NC(=O)/C=C/c1ccc(OCC)c(OC)c1. The number of amides is 1. The zero-order chi connectivity index (χ0) is 25.2. The summed E-state index contributed by atoms with van der Waals surface area (Å²) in [7, 11) is 1.56. The summed E-state index contributed by atoms with van der Waals surface area (Å²) in [5.41, 5.74) is 2.61. The van der Waals surface area contributed by atoms with Crippen molar-refractivity contribution >= 4 is 34.3 Å². The van der Waals surface area contributed by atoms with E-state index >= 15 is 0 Å². The highest BCUT2D eigenvalue weighted by molar-refractivity contribution is 7.15. The summed E-state index contributed by atoms with van der Waals surface area (Å²) in [5.74, 6) is 1.10. The number of hydrogen-bond donors (Lipinski definition) is 1. The monoisotopic (exact) mass is 495 g/mol. The highest BCUT2D eigenvalue weighted by atomic mass is 32.1. The molecule has 3 rings (SSSR count). The third kappa shape index (κ3) is 6.64. The largest absolute Gasteiger partial charge is 0.494 e. The highest BCUT2D eigenvalue weighted by Gasteiger charge is 2.22. The van der Waals surface area contributed by atoms with Gasteiger partial charge in [0.2, 0.25) is 5.91 Å². The molecule has 1 amide bonds. The number of rotatable bonds is 11. The number of carbonyl (C=O) groups is 2. The summed E-state index contributed by atoms with van der Waals surface area (Å²) in [6.45, 7) is 6.88. The Bertz CT molecular complexity index is 1180. The molecule has 35 heavy (non-hydrogen) atoms. The van der Waals surface area contributed by atoms with Gasteiger partial charge in [-0.1, -0.05) is 18.2 Å². The molecule has 0 aliphatic carbocycles. The van der Waals surface area contributed by atoms with Crippen molar-refractivity contribution in [3.63, 3.8) is 0 Å². The molecule has 0 bridgehead atoms. The Balaban J connectivity index is 1.82. The summed E-state index contributed by atoms with van der Waals surface area (Å²) in [6.07, 6.45) is 3.07. The van der Waals surface area contributed by atoms with Gasteiger partial charge in [0.1, 0.15) is 16.3 Å². The number of benzene rings is 2. The summed E-state index contributed by atoms with van der Waals surface area (Å²) in [4.78, 5) is 25.5. The lowest BCUT2D eigenvalue weighted by Gasteiger charge is -2.10. The van der Waals surface area contributed by atoms with E-state index in [1.165, 1.54) is 17.4 Å². The number of anilines is 1. The molecule has 8 heteroatoms. The summed E-state index contributed by atoms with van der Waals surface area (Å²) in [6, 6.07) is 12.8. The van der Waals surface area contributed by atoms with Gasteiger partial charge in [0, 0.05) is 17.0 Å². The molecule has 0 radical (unpaired) electrons. The number of nitrogens with one attached hydrogen (secondary N) is 1. The topological polar surface area (TPSA) is 83.1 Å². The summed E-state index contributed by atoms with van der Waals surface area (Å²) < 4.78 is 21.6. The van der Waals surface area contributed by atoms with Crippen LogP contribution in [0.5, 0.6) is 17.2 Å². The minimum absolute atomic E-state index is 0.226. The zero-order valence-electron chi connectivity index (χ0n) is 20.3. The van der Waals surface area contributed by atoms with E-state index in [-0.39, 0.29) is 12.5 Å². The van der Waals surface area contributed by atoms with E-state index < -0.39 is 5.97 Å². The number of hydrogen-bond acceptors (Lipinski definition) is 7. The van der Waals surface area contributed by atoms with Crippen LogP contribution in [0.4, 0.5) is 5.00 Å². The van der Waals surface area contributed by atoms with Crippen molar-refractivity contribution in [2.75, 3.05) is 32.2 Å². The van der Waals surface area contributed by atoms with Gasteiger partial charge in [0.25, 0.3) is 0 Å². The minimum Gasteiger partial charge on any atom is -0.494 e. The van der Waals surface area contributed by atoms with Gasteiger partial charge in [-0.15, -0.1) is 11.3 Å². The van der Waals surface area contributed by atoms with Crippen LogP contribution in [0.3, 0.4) is 0 Å². The molecule has 3 aromatic rings. The fraction of sp³-hybridized carbons (Fsp3) is 0.259. The van der Waals surface area contributed by atoms with Crippen molar-refractivity contribution in [3.8, 4) is 28.4 Å². The second-order valence-electron chi connectivity index (χ2n) is 7.20. The second-order valence-corrected chi connectivity index (χ2v) is 8.08. The Morgan fingerprint density at radius 1 is 0.943 bits per heavy atom. The van der Waals surface area contributed by atoms with Crippen LogP contribution >= 0.6 is 11.3 Å². The van der Waals surface area contributed by atoms with Crippen molar-refractivity contribution in [1.82, 2.24) is 0 Å². The Hall–Kier alpha value is -3.78. The average Bonchev–Trinajstić information content (AvgIpc) is 3.27.